The number of rotatable bonds is 4. The molecular weight excluding hydrogens is 136 g/mol. The molecule has 0 aliphatic carbocycles. The van der Waals surface area contributed by atoms with Crippen LogP contribution in [0.5, 0.6) is 0 Å². The molecule has 0 saturated carbocycles. The van der Waals surface area contributed by atoms with Crippen molar-refractivity contribution in [2.45, 2.75) is 26.1 Å². The Morgan fingerprint density at radius 3 is 2.44 bits per heavy atom. The van der Waals surface area contributed by atoms with Crippen LogP contribution in [0.25, 0.3) is 0 Å². The van der Waals surface area contributed by atoms with Crippen molar-refractivity contribution in [3.8, 4) is 0 Å². The van der Waals surface area contributed by atoms with E-state index in [2.05, 4.69) is 0 Å². The molecule has 2 nitrogen and oxygen atoms in total. The Hall–Kier alpha value is 0.270. The standard InChI is InChI=1S/C6H13O2S/c1-5(7)3-8-6(2)4-9/h5-7H,3-4H2,1-2H3. The van der Waals surface area contributed by atoms with Crippen molar-refractivity contribution in [2.24, 2.45) is 0 Å². The molecule has 9 heavy (non-hydrogen) atoms. The summed E-state index contributed by atoms with van der Waals surface area (Å²) in [5, 5.41) is 8.74. The highest BCUT2D eigenvalue weighted by molar-refractivity contribution is 7.80. The fourth-order valence-corrected chi connectivity index (χ4v) is 0.448. The zero-order valence-corrected chi connectivity index (χ0v) is 6.65. The molecule has 1 radical (unpaired) electrons. The fourth-order valence-electron chi connectivity index (χ4n) is 0.352. The molecular formula is C6H13O2S. The lowest BCUT2D eigenvalue weighted by Gasteiger charge is -2.10. The van der Waals surface area contributed by atoms with E-state index >= 15 is 0 Å². The molecule has 55 valence electrons. The molecule has 0 aliphatic heterocycles. The van der Waals surface area contributed by atoms with E-state index in [1.807, 2.05) is 6.92 Å². The summed E-state index contributed by atoms with van der Waals surface area (Å²) in [6, 6.07) is 0. The Balaban J connectivity index is 3.06. The molecule has 0 aliphatic rings. The van der Waals surface area contributed by atoms with Crippen molar-refractivity contribution in [3.63, 3.8) is 0 Å². The molecule has 0 aromatic heterocycles. The molecule has 0 saturated heterocycles. The van der Waals surface area contributed by atoms with Crippen molar-refractivity contribution in [1.82, 2.24) is 0 Å². The summed E-state index contributed by atoms with van der Waals surface area (Å²) < 4.78 is 5.10. The van der Waals surface area contributed by atoms with Gasteiger partial charge in [-0.15, -0.1) is 0 Å². The van der Waals surface area contributed by atoms with Crippen molar-refractivity contribution in [2.75, 3.05) is 12.4 Å². The predicted octanol–water partition coefficient (Wildman–Crippen LogP) is 0.970. The molecule has 0 aromatic rings. The summed E-state index contributed by atoms with van der Waals surface area (Å²) in [6.45, 7) is 3.98. The van der Waals surface area contributed by atoms with Gasteiger partial charge < -0.3 is 9.84 Å². The molecule has 0 fully saturated rings. The van der Waals surface area contributed by atoms with E-state index in [1.165, 1.54) is 0 Å². The summed E-state index contributed by atoms with van der Waals surface area (Å²) in [6.07, 6.45) is -0.288. The summed E-state index contributed by atoms with van der Waals surface area (Å²) in [7, 11) is 0. The minimum absolute atomic E-state index is 0.0922. The van der Waals surface area contributed by atoms with E-state index in [9.17, 15) is 0 Å². The Morgan fingerprint density at radius 2 is 2.11 bits per heavy atom. The summed E-state index contributed by atoms with van der Waals surface area (Å²) in [5.41, 5.74) is 0. The highest BCUT2D eigenvalue weighted by Gasteiger charge is 2.00. The van der Waals surface area contributed by atoms with Gasteiger partial charge in [-0.05, 0) is 13.8 Å². The highest BCUT2D eigenvalue weighted by atomic mass is 32.1. The molecule has 1 N–H and O–H groups in total. The zero-order chi connectivity index (χ0) is 7.28. The van der Waals surface area contributed by atoms with Crippen molar-refractivity contribution >= 4 is 12.6 Å². The topological polar surface area (TPSA) is 29.5 Å². The van der Waals surface area contributed by atoms with Crippen LogP contribution >= 0.6 is 12.6 Å². The number of aliphatic hydroxyl groups excluding tert-OH is 1. The average Bonchev–Trinajstić information content (AvgIpc) is 1.83. The first-order valence-electron chi connectivity index (χ1n) is 3.04. The second kappa shape index (κ2) is 5.09. The number of ether oxygens (including phenoxy) is 1. The minimum atomic E-state index is -0.381. The van der Waals surface area contributed by atoms with Crippen LogP contribution in [0.4, 0.5) is 0 Å². The Kier molecular flexibility index (Phi) is 5.24. The van der Waals surface area contributed by atoms with Crippen molar-refractivity contribution < 1.29 is 9.84 Å². The van der Waals surface area contributed by atoms with Crippen LogP contribution in [0.2, 0.25) is 0 Å². The molecule has 0 heterocycles. The third kappa shape index (κ3) is 6.15. The third-order valence-electron chi connectivity index (χ3n) is 0.857. The van der Waals surface area contributed by atoms with Gasteiger partial charge in [0, 0.05) is 5.75 Å². The van der Waals surface area contributed by atoms with E-state index in [4.69, 9.17) is 22.5 Å². The average molecular weight is 149 g/mol. The van der Waals surface area contributed by atoms with Crippen LogP contribution in [0, 0.1) is 0 Å². The number of aliphatic hydroxyl groups is 1. The normalized spacial score (nSPS) is 17.3. The molecule has 0 rings (SSSR count). The van der Waals surface area contributed by atoms with E-state index in [0.29, 0.717) is 12.4 Å². The smallest absolute Gasteiger partial charge is 0.0745 e. The summed E-state index contributed by atoms with van der Waals surface area (Å²) in [4.78, 5) is 0. The fraction of sp³-hybridized carbons (Fsp3) is 1.00. The van der Waals surface area contributed by atoms with Crippen LogP contribution in [-0.2, 0) is 4.74 Å². The highest BCUT2D eigenvalue weighted by Crippen LogP contribution is 1.94. The molecule has 2 unspecified atom stereocenters. The molecule has 0 bridgehead atoms. The monoisotopic (exact) mass is 149 g/mol. The maximum atomic E-state index is 8.74. The van der Waals surface area contributed by atoms with Gasteiger partial charge in [0.2, 0.25) is 0 Å². The van der Waals surface area contributed by atoms with Crippen LogP contribution in [0.1, 0.15) is 13.8 Å². The van der Waals surface area contributed by atoms with Gasteiger partial charge in [0.25, 0.3) is 0 Å². The van der Waals surface area contributed by atoms with Crippen LogP contribution < -0.4 is 0 Å². The van der Waals surface area contributed by atoms with E-state index < -0.39 is 0 Å². The van der Waals surface area contributed by atoms with E-state index in [1.54, 1.807) is 6.92 Å². The lowest BCUT2D eigenvalue weighted by atomic mass is 10.4. The van der Waals surface area contributed by atoms with Crippen LogP contribution in [0.15, 0.2) is 0 Å². The van der Waals surface area contributed by atoms with Gasteiger partial charge in [-0.25, -0.2) is 0 Å². The van der Waals surface area contributed by atoms with Crippen LogP contribution in [0.3, 0.4) is 0 Å². The Morgan fingerprint density at radius 1 is 1.56 bits per heavy atom. The number of hydrogen-bond donors (Lipinski definition) is 1. The van der Waals surface area contributed by atoms with Crippen molar-refractivity contribution in [1.29, 1.82) is 0 Å². The van der Waals surface area contributed by atoms with Gasteiger partial charge in [0.1, 0.15) is 0 Å². The number of hydrogen-bond acceptors (Lipinski definition) is 2. The maximum absolute atomic E-state index is 8.74. The predicted molar refractivity (Wildman–Crippen MR) is 39.6 cm³/mol. The lowest BCUT2D eigenvalue weighted by molar-refractivity contribution is 0.0155. The van der Waals surface area contributed by atoms with Crippen LogP contribution in [-0.4, -0.2) is 29.7 Å². The SMILES string of the molecule is CC(O)COC(C)C[S]. The second-order valence-corrected chi connectivity index (χ2v) is 2.49. The molecule has 0 spiro atoms. The molecule has 3 heteroatoms. The molecule has 0 amide bonds. The summed E-state index contributed by atoms with van der Waals surface area (Å²) >= 11 is 4.72. The van der Waals surface area contributed by atoms with Crippen molar-refractivity contribution in [3.05, 3.63) is 0 Å². The maximum Gasteiger partial charge on any atom is 0.0745 e. The minimum Gasteiger partial charge on any atom is -0.391 e. The Labute approximate surface area is 61.6 Å². The first-order valence-corrected chi connectivity index (χ1v) is 3.62. The van der Waals surface area contributed by atoms with Gasteiger partial charge in [-0.3, -0.25) is 0 Å². The first-order chi connectivity index (χ1) is 4.16. The van der Waals surface area contributed by atoms with E-state index in [-0.39, 0.29) is 12.2 Å². The summed E-state index contributed by atoms with van der Waals surface area (Å²) in [5.74, 6) is 0.590. The van der Waals surface area contributed by atoms with Gasteiger partial charge in [0.05, 0.1) is 18.8 Å². The van der Waals surface area contributed by atoms with Gasteiger partial charge in [-0.2, -0.15) is 0 Å². The molecule has 0 aromatic carbocycles. The zero-order valence-electron chi connectivity index (χ0n) is 5.83. The van der Waals surface area contributed by atoms with E-state index in [0.717, 1.165) is 0 Å². The first kappa shape index (κ1) is 9.27. The van der Waals surface area contributed by atoms with Gasteiger partial charge in [0.15, 0.2) is 0 Å². The third-order valence-corrected chi connectivity index (χ3v) is 1.33. The lowest BCUT2D eigenvalue weighted by Crippen LogP contribution is -2.17. The van der Waals surface area contributed by atoms with Gasteiger partial charge >= 0.3 is 0 Å². The second-order valence-electron chi connectivity index (χ2n) is 2.16. The largest absolute Gasteiger partial charge is 0.391 e. The quantitative estimate of drug-likeness (QED) is 0.645. The Bertz CT molecular complexity index is 66.1. The van der Waals surface area contributed by atoms with Gasteiger partial charge in [-0.1, -0.05) is 12.6 Å². The molecule has 2 atom stereocenters.